The molecule has 0 aliphatic carbocycles. The third-order valence-corrected chi connectivity index (χ3v) is 6.84. The normalized spacial score (nSPS) is 21.0. The van der Waals surface area contributed by atoms with E-state index in [0.29, 0.717) is 25.9 Å². The first-order chi connectivity index (χ1) is 16.6. The van der Waals surface area contributed by atoms with Gasteiger partial charge in [-0.3, -0.25) is 4.79 Å². The Morgan fingerprint density at radius 2 is 1.97 bits per heavy atom. The molecule has 2 aromatic heterocycles. The minimum absolute atomic E-state index is 0.0194. The molecule has 1 aliphatic heterocycles. The number of carbonyl (C=O) groups excluding carboxylic acids is 1. The minimum Gasteiger partial charge on any atom is -0.391 e. The molecule has 0 radical (unpaired) electrons. The first kappa shape index (κ1) is 25.2. The first-order valence-corrected chi connectivity index (χ1v) is 11.4. The van der Waals surface area contributed by atoms with Crippen LogP contribution < -0.4 is 5.73 Å². The fourth-order valence-electron chi connectivity index (χ4n) is 4.68. The second-order valence-electron chi connectivity index (χ2n) is 9.36. The third kappa shape index (κ3) is 5.05. The van der Waals surface area contributed by atoms with Crippen molar-refractivity contribution in [2.45, 2.75) is 45.2 Å². The van der Waals surface area contributed by atoms with Crippen LogP contribution in [0.4, 0.5) is 13.2 Å². The lowest BCUT2D eigenvalue weighted by Gasteiger charge is -2.43. The van der Waals surface area contributed by atoms with E-state index in [-0.39, 0.29) is 30.1 Å². The van der Waals surface area contributed by atoms with Crippen molar-refractivity contribution in [2.75, 3.05) is 20.2 Å². The molecule has 7 nitrogen and oxygen atoms in total. The van der Waals surface area contributed by atoms with Crippen molar-refractivity contribution < 1.29 is 27.8 Å². The van der Waals surface area contributed by atoms with E-state index >= 15 is 0 Å². The number of aromatic nitrogens is 2. The van der Waals surface area contributed by atoms with Gasteiger partial charge in [0, 0.05) is 50.1 Å². The third-order valence-electron chi connectivity index (χ3n) is 6.84. The van der Waals surface area contributed by atoms with Crippen molar-refractivity contribution in [3.8, 4) is 0 Å². The molecule has 1 aromatic carbocycles. The number of alkyl halides is 3. The molecule has 4 rings (SSSR count). The number of aliphatic hydroxyl groups excluding tert-OH is 1. The second-order valence-corrected chi connectivity index (χ2v) is 9.36. The van der Waals surface area contributed by atoms with Crippen molar-refractivity contribution in [1.29, 1.82) is 0 Å². The van der Waals surface area contributed by atoms with Gasteiger partial charge in [0.2, 0.25) is 0 Å². The number of amides is 1. The summed E-state index contributed by atoms with van der Waals surface area (Å²) >= 11 is 0. The number of β-amino-alcohol motifs (C(OH)–C–C–N with tert-alkyl or cyclic N) is 1. The Morgan fingerprint density at radius 1 is 1.26 bits per heavy atom. The number of rotatable bonds is 6. The molecule has 2 atom stereocenters. The number of pyridine rings is 1. The van der Waals surface area contributed by atoms with E-state index < -0.39 is 29.2 Å². The number of nitrogens with two attached hydrogens (primary N) is 1. The summed E-state index contributed by atoms with van der Waals surface area (Å²) in [5.41, 5.74) is 7.13. The number of halogens is 3. The van der Waals surface area contributed by atoms with E-state index in [2.05, 4.69) is 4.98 Å². The molecule has 35 heavy (non-hydrogen) atoms. The van der Waals surface area contributed by atoms with Gasteiger partial charge in [-0.25, -0.2) is 4.98 Å². The van der Waals surface area contributed by atoms with Crippen LogP contribution in [0.1, 0.15) is 46.1 Å². The van der Waals surface area contributed by atoms with Crippen LogP contribution >= 0.6 is 0 Å². The van der Waals surface area contributed by atoms with Crippen molar-refractivity contribution in [2.24, 2.45) is 11.1 Å². The maximum atomic E-state index is 13.3. The van der Waals surface area contributed by atoms with Crippen LogP contribution in [0.2, 0.25) is 0 Å². The number of nitrogens with zero attached hydrogens (tertiary/aromatic N) is 3. The second kappa shape index (κ2) is 9.60. The van der Waals surface area contributed by atoms with Crippen molar-refractivity contribution in [1.82, 2.24) is 14.3 Å². The van der Waals surface area contributed by atoms with Gasteiger partial charge in [-0.2, -0.15) is 13.2 Å². The summed E-state index contributed by atoms with van der Waals surface area (Å²) in [5.74, 6) is -0.436. The Kier molecular flexibility index (Phi) is 6.90. The van der Waals surface area contributed by atoms with Crippen LogP contribution in [0.5, 0.6) is 0 Å². The molecule has 1 aliphatic rings. The van der Waals surface area contributed by atoms with Gasteiger partial charge < -0.3 is 24.9 Å². The molecule has 188 valence electrons. The smallest absolute Gasteiger partial charge is 0.391 e. The number of aliphatic hydroxyl groups is 1. The summed E-state index contributed by atoms with van der Waals surface area (Å²) in [6, 6.07) is 8.82. The molecule has 1 amide bonds. The predicted molar refractivity (Wildman–Crippen MR) is 124 cm³/mol. The molecule has 3 aromatic rings. The molecular formula is C25H29F3N4O3. The number of benzene rings is 1. The Bertz CT molecular complexity index is 1230. The van der Waals surface area contributed by atoms with Crippen molar-refractivity contribution in [3.05, 3.63) is 70.7 Å². The van der Waals surface area contributed by atoms with E-state index in [9.17, 15) is 23.1 Å². The summed E-state index contributed by atoms with van der Waals surface area (Å²) in [5, 5.41) is 11.0. The van der Waals surface area contributed by atoms with Crippen LogP contribution in [0.25, 0.3) is 5.65 Å². The maximum Gasteiger partial charge on any atom is 0.417 e. The van der Waals surface area contributed by atoms with Crippen molar-refractivity contribution >= 4 is 11.6 Å². The van der Waals surface area contributed by atoms with E-state index in [0.717, 1.165) is 23.4 Å². The maximum absolute atomic E-state index is 13.3. The van der Waals surface area contributed by atoms with Crippen molar-refractivity contribution in [3.63, 3.8) is 0 Å². The van der Waals surface area contributed by atoms with Gasteiger partial charge in [0.15, 0.2) is 0 Å². The average Bonchev–Trinajstić information content (AvgIpc) is 3.25. The number of imidazole rings is 1. The highest BCUT2D eigenvalue weighted by Crippen LogP contribution is 2.36. The van der Waals surface area contributed by atoms with Gasteiger partial charge in [0.25, 0.3) is 5.91 Å². The topological polar surface area (TPSA) is 93.1 Å². The van der Waals surface area contributed by atoms with Gasteiger partial charge in [-0.1, -0.05) is 31.2 Å². The summed E-state index contributed by atoms with van der Waals surface area (Å²) in [7, 11) is 1.38. The Balaban J connectivity index is 1.55. The number of hydrogen-bond acceptors (Lipinski definition) is 5. The molecule has 3 heterocycles. The lowest BCUT2D eigenvalue weighted by molar-refractivity contribution is -0.138. The Labute approximate surface area is 201 Å². The summed E-state index contributed by atoms with van der Waals surface area (Å²) in [4.78, 5) is 19.0. The standard InChI is InChI=1S/C25H29F3N4O3/c1-24(10-16-5-3-4-6-17(16)11-29)7-8-31(14-21(24)33)23(34)20-13-32-12-19(25(26,27)28)9-18(15-35-2)22(32)30-20/h3-6,9,12-13,21,33H,7-8,10-11,14-15,29H2,1-2H3/t21-,24-/m1/s1. The molecule has 0 unspecified atom stereocenters. The Morgan fingerprint density at radius 3 is 2.60 bits per heavy atom. The molecule has 3 N–H and O–H groups in total. The lowest BCUT2D eigenvalue weighted by Crippen LogP contribution is -2.52. The lowest BCUT2D eigenvalue weighted by atomic mass is 9.73. The van der Waals surface area contributed by atoms with Gasteiger partial charge in [0.05, 0.1) is 18.3 Å². The summed E-state index contributed by atoms with van der Waals surface area (Å²) < 4.78 is 46.2. The van der Waals surface area contributed by atoms with Gasteiger partial charge in [-0.05, 0) is 30.0 Å². The van der Waals surface area contributed by atoms with E-state index in [4.69, 9.17) is 10.5 Å². The molecular weight excluding hydrogens is 461 g/mol. The van der Waals surface area contributed by atoms with Gasteiger partial charge in [0.1, 0.15) is 11.3 Å². The van der Waals surface area contributed by atoms with Crippen LogP contribution in [-0.4, -0.2) is 51.6 Å². The number of piperidine rings is 1. The zero-order valence-corrected chi connectivity index (χ0v) is 19.7. The summed E-state index contributed by atoms with van der Waals surface area (Å²) in [6.07, 6.45) is -1.95. The van der Waals surface area contributed by atoms with E-state index in [1.165, 1.54) is 22.6 Å². The highest BCUT2D eigenvalue weighted by Gasteiger charge is 2.40. The monoisotopic (exact) mass is 490 g/mol. The minimum atomic E-state index is -4.55. The van der Waals surface area contributed by atoms with Crippen LogP contribution in [-0.2, 0) is 30.5 Å². The first-order valence-electron chi connectivity index (χ1n) is 11.4. The fourth-order valence-corrected chi connectivity index (χ4v) is 4.68. The zero-order chi connectivity index (χ0) is 25.4. The SMILES string of the molecule is COCc1cc(C(F)(F)F)cn2cc(C(=O)N3CC[C@](C)(Cc4ccccc4CN)[C@H](O)C3)nc12. The highest BCUT2D eigenvalue weighted by molar-refractivity contribution is 5.93. The number of ether oxygens (including phenoxy) is 1. The van der Waals surface area contributed by atoms with Crippen LogP contribution in [0.15, 0.2) is 42.7 Å². The zero-order valence-electron chi connectivity index (χ0n) is 19.7. The number of fused-ring (bicyclic) bond motifs is 1. The molecule has 1 saturated heterocycles. The number of likely N-dealkylation sites (tertiary alicyclic amines) is 1. The Hall–Kier alpha value is -2.95. The highest BCUT2D eigenvalue weighted by atomic mass is 19.4. The molecule has 10 heteroatoms. The number of carbonyl (C=O) groups is 1. The molecule has 1 fully saturated rings. The number of hydrogen-bond donors (Lipinski definition) is 2. The van der Waals surface area contributed by atoms with Crippen LogP contribution in [0, 0.1) is 5.41 Å². The fraction of sp³-hybridized carbons (Fsp3) is 0.440. The van der Waals surface area contributed by atoms with E-state index in [1.54, 1.807) is 0 Å². The van der Waals surface area contributed by atoms with Gasteiger partial charge >= 0.3 is 6.18 Å². The molecule has 0 bridgehead atoms. The predicted octanol–water partition coefficient (Wildman–Crippen LogP) is 3.41. The molecule has 0 spiro atoms. The largest absolute Gasteiger partial charge is 0.417 e. The van der Waals surface area contributed by atoms with E-state index in [1.807, 2.05) is 31.2 Å². The van der Waals surface area contributed by atoms with Gasteiger partial charge in [-0.15, -0.1) is 0 Å². The summed E-state index contributed by atoms with van der Waals surface area (Å²) in [6.45, 7) is 2.81. The van der Waals surface area contributed by atoms with Crippen LogP contribution in [0.3, 0.4) is 0 Å². The number of methoxy groups -OCH3 is 1. The quantitative estimate of drug-likeness (QED) is 0.553. The average molecular weight is 491 g/mol. The molecule has 0 saturated carbocycles.